The van der Waals surface area contributed by atoms with Gasteiger partial charge in [-0.2, -0.15) is 4.98 Å². The Hall–Kier alpha value is -1.31. The van der Waals surface area contributed by atoms with Gasteiger partial charge in [0.1, 0.15) is 0 Å². The third kappa shape index (κ3) is 4.50. The highest BCUT2D eigenvalue weighted by Crippen LogP contribution is 2.27. The highest BCUT2D eigenvalue weighted by molar-refractivity contribution is 7.97. The molecule has 26 heavy (non-hydrogen) atoms. The highest BCUT2D eigenvalue weighted by atomic mass is 32.2. The summed E-state index contributed by atoms with van der Waals surface area (Å²) in [6, 6.07) is 4.13. The van der Waals surface area contributed by atoms with Crippen molar-refractivity contribution >= 4 is 23.5 Å². The number of aliphatic hydroxyl groups is 1. The fourth-order valence-corrected chi connectivity index (χ4v) is 4.99. The van der Waals surface area contributed by atoms with Gasteiger partial charge in [-0.15, -0.1) is 5.10 Å². The molecule has 3 heterocycles. The first kappa shape index (κ1) is 18.1. The Morgan fingerprint density at radius 3 is 2.69 bits per heavy atom. The summed E-state index contributed by atoms with van der Waals surface area (Å²) in [6.45, 7) is 2.84. The van der Waals surface area contributed by atoms with Crippen molar-refractivity contribution in [1.82, 2.24) is 18.9 Å². The lowest BCUT2D eigenvalue weighted by Crippen LogP contribution is -2.30. The van der Waals surface area contributed by atoms with Crippen molar-refractivity contribution in [2.24, 2.45) is 5.92 Å². The van der Waals surface area contributed by atoms with Gasteiger partial charge < -0.3 is 10.4 Å². The van der Waals surface area contributed by atoms with Crippen LogP contribution in [0.4, 0.5) is 5.95 Å². The van der Waals surface area contributed by atoms with Gasteiger partial charge in [0.15, 0.2) is 5.65 Å². The van der Waals surface area contributed by atoms with Crippen molar-refractivity contribution in [3.63, 3.8) is 0 Å². The molecule has 142 valence electrons. The normalized spacial score (nSPS) is 21.1. The Morgan fingerprint density at radius 2 is 1.88 bits per heavy atom. The van der Waals surface area contributed by atoms with Gasteiger partial charge in [0.2, 0.25) is 5.95 Å². The topological polar surface area (TPSA) is 65.7 Å². The number of pyridine rings is 1. The van der Waals surface area contributed by atoms with Crippen LogP contribution in [-0.4, -0.2) is 49.7 Å². The third-order valence-corrected chi connectivity index (χ3v) is 6.59. The zero-order valence-corrected chi connectivity index (χ0v) is 16.1. The van der Waals surface area contributed by atoms with E-state index < -0.39 is 0 Å². The van der Waals surface area contributed by atoms with Gasteiger partial charge in [0.25, 0.3) is 0 Å². The molecule has 2 aromatic heterocycles. The average molecular weight is 376 g/mol. The van der Waals surface area contributed by atoms with E-state index in [1.54, 1.807) is 0 Å². The minimum Gasteiger partial charge on any atom is -0.391 e. The van der Waals surface area contributed by atoms with Gasteiger partial charge in [-0.3, -0.25) is 0 Å². The fraction of sp³-hybridized carbons (Fsp3) is 0.684. The molecule has 0 amide bonds. The van der Waals surface area contributed by atoms with Gasteiger partial charge in [-0.25, -0.2) is 8.82 Å². The number of aromatic nitrogens is 3. The van der Waals surface area contributed by atoms with Crippen LogP contribution in [0.5, 0.6) is 0 Å². The molecule has 2 fully saturated rings. The summed E-state index contributed by atoms with van der Waals surface area (Å²) < 4.78 is 4.27. The fourth-order valence-electron chi connectivity index (χ4n) is 3.98. The lowest BCUT2D eigenvalue weighted by Gasteiger charge is -2.26. The molecule has 0 spiro atoms. The summed E-state index contributed by atoms with van der Waals surface area (Å²) in [7, 11) is 0. The van der Waals surface area contributed by atoms with Crippen LogP contribution >= 0.6 is 11.9 Å². The minimum atomic E-state index is -0.313. The monoisotopic (exact) mass is 375 g/mol. The second-order valence-electron chi connectivity index (χ2n) is 7.53. The summed E-state index contributed by atoms with van der Waals surface area (Å²) in [5, 5.41) is 18.2. The maximum atomic E-state index is 10.4. The lowest BCUT2D eigenvalue weighted by molar-refractivity contribution is 0.0955. The number of nitrogens with one attached hydrogen (secondary N) is 1. The van der Waals surface area contributed by atoms with Crippen LogP contribution in [0.1, 0.15) is 51.4 Å². The Bertz CT molecular complexity index is 709. The van der Waals surface area contributed by atoms with Crippen molar-refractivity contribution in [3.8, 4) is 0 Å². The summed E-state index contributed by atoms with van der Waals surface area (Å²) in [6.07, 6.45) is 11.7. The van der Waals surface area contributed by atoms with E-state index in [9.17, 15) is 5.11 Å². The molecule has 4 rings (SSSR count). The van der Waals surface area contributed by atoms with Crippen LogP contribution in [0.25, 0.3) is 5.65 Å². The Labute approximate surface area is 159 Å². The molecule has 2 aromatic rings. The zero-order chi connectivity index (χ0) is 17.8. The number of fused-ring (bicyclic) bond motifs is 1. The highest BCUT2D eigenvalue weighted by Gasteiger charge is 2.21. The van der Waals surface area contributed by atoms with Gasteiger partial charge in [-0.05, 0) is 55.7 Å². The molecule has 1 saturated carbocycles. The maximum Gasteiger partial charge on any atom is 0.243 e. The molecule has 1 aliphatic carbocycles. The van der Waals surface area contributed by atoms with Crippen LogP contribution in [-0.2, 0) is 0 Å². The average Bonchev–Trinajstić information content (AvgIpc) is 3.10. The molecule has 0 bridgehead atoms. The number of aliphatic hydroxyl groups excluding tert-OH is 1. The summed E-state index contributed by atoms with van der Waals surface area (Å²) >= 11 is 1.81. The van der Waals surface area contributed by atoms with Crippen LogP contribution in [0.2, 0.25) is 0 Å². The molecular formula is C19H29N5OS. The van der Waals surface area contributed by atoms with Crippen molar-refractivity contribution < 1.29 is 5.11 Å². The standard InChI is InChI=1S/C19H29N5OS/c25-17(15-7-3-1-4-8-15)13-20-19-21-18-10-9-16(14-24(18)22-19)26-23-11-5-2-6-12-23/h9-10,14-15,17,25H,1-8,11-13H2,(H,20,22). The van der Waals surface area contributed by atoms with Crippen molar-refractivity contribution in [2.45, 2.75) is 62.4 Å². The number of rotatable bonds is 6. The van der Waals surface area contributed by atoms with Crippen LogP contribution in [0.15, 0.2) is 23.2 Å². The van der Waals surface area contributed by atoms with E-state index in [2.05, 4.69) is 25.8 Å². The van der Waals surface area contributed by atoms with Crippen LogP contribution in [0.3, 0.4) is 0 Å². The summed E-state index contributed by atoms with van der Waals surface area (Å²) in [5.74, 6) is 1.01. The van der Waals surface area contributed by atoms with Crippen molar-refractivity contribution in [2.75, 3.05) is 25.0 Å². The SMILES string of the molecule is OC(CNc1nc2ccc(SN3CCCCC3)cn2n1)C1CCCCC1. The van der Waals surface area contributed by atoms with Gasteiger partial charge in [0.05, 0.1) is 6.10 Å². The second kappa shape index (κ2) is 8.59. The van der Waals surface area contributed by atoms with E-state index in [4.69, 9.17) is 0 Å². The predicted octanol–water partition coefficient (Wildman–Crippen LogP) is 3.58. The molecule has 0 aromatic carbocycles. The maximum absolute atomic E-state index is 10.4. The molecule has 1 atom stereocenters. The predicted molar refractivity (Wildman–Crippen MR) is 105 cm³/mol. The van der Waals surface area contributed by atoms with Gasteiger partial charge >= 0.3 is 0 Å². The largest absolute Gasteiger partial charge is 0.391 e. The number of nitrogens with zero attached hydrogens (tertiary/aromatic N) is 4. The molecule has 0 radical (unpaired) electrons. The molecular weight excluding hydrogens is 346 g/mol. The first-order valence-electron chi connectivity index (χ1n) is 9.99. The first-order chi connectivity index (χ1) is 12.8. The molecule has 2 aliphatic rings. The first-order valence-corrected chi connectivity index (χ1v) is 10.8. The van der Waals surface area contributed by atoms with E-state index in [1.807, 2.05) is 28.7 Å². The Kier molecular flexibility index (Phi) is 5.97. The van der Waals surface area contributed by atoms with E-state index in [1.165, 1.54) is 43.4 Å². The van der Waals surface area contributed by atoms with Crippen LogP contribution in [0, 0.1) is 5.92 Å². The third-order valence-electron chi connectivity index (χ3n) is 5.52. The summed E-state index contributed by atoms with van der Waals surface area (Å²) in [5.41, 5.74) is 0.836. The molecule has 1 aliphatic heterocycles. The lowest BCUT2D eigenvalue weighted by atomic mass is 9.85. The molecule has 6 nitrogen and oxygen atoms in total. The number of anilines is 1. The van der Waals surface area contributed by atoms with E-state index in [0.29, 0.717) is 18.4 Å². The van der Waals surface area contributed by atoms with E-state index in [-0.39, 0.29) is 6.10 Å². The summed E-state index contributed by atoms with van der Waals surface area (Å²) in [4.78, 5) is 5.72. The van der Waals surface area contributed by atoms with E-state index in [0.717, 1.165) is 31.6 Å². The quantitative estimate of drug-likeness (QED) is 0.753. The van der Waals surface area contributed by atoms with Crippen molar-refractivity contribution in [1.29, 1.82) is 0 Å². The molecule has 2 N–H and O–H groups in total. The number of piperidine rings is 1. The van der Waals surface area contributed by atoms with Crippen LogP contribution < -0.4 is 5.32 Å². The smallest absolute Gasteiger partial charge is 0.243 e. The molecule has 1 saturated heterocycles. The zero-order valence-electron chi connectivity index (χ0n) is 15.3. The van der Waals surface area contributed by atoms with E-state index >= 15 is 0 Å². The number of hydrogen-bond donors (Lipinski definition) is 2. The Balaban J connectivity index is 1.35. The van der Waals surface area contributed by atoms with Gasteiger partial charge in [-0.1, -0.05) is 25.7 Å². The molecule has 1 unspecified atom stereocenters. The van der Waals surface area contributed by atoms with Crippen molar-refractivity contribution in [3.05, 3.63) is 18.3 Å². The number of hydrogen-bond acceptors (Lipinski definition) is 6. The van der Waals surface area contributed by atoms with Gasteiger partial charge in [0, 0.05) is 30.7 Å². The molecule has 7 heteroatoms. The minimum absolute atomic E-state index is 0.313. The Morgan fingerprint density at radius 1 is 1.12 bits per heavy atom. The second-order valence-corrected chi connectivity index (χ2v) is 8.70.